The van der Waals surface area contributed by atoms with Crippen LogP contribution in [0.15, 0.2) is 24.3 Å². The Bertz CT molecular complexity index is 677. The molecule has 1 aromatic rings. The van der Waals surface area contributed by atoms with E-state index in [9.17, 15) is 5.11 Å². The van der Waals surface area contributed by atoms with Crippen LogP contribution in [-0.4, -0.2) is 59.0 Å². The third kappa shape index (κ3) is 3.86. The molecule has 1 aliphatic carbocycles. The summed E-state index contributed by atoms with van der Waals surface area (Å²) in [6.45, 7) is 1.65. The molecule has 3 aliphatic heterocycles. The van der Waals surface area contributed by atoms with Crippen LogP contribution in [0.4, 0.5) is 0 Å². The molecule has 0 amide bonds. The van der Waals surface area contributed by atoms with Gasteiger partial charge in [0.15, 0.2) is 0 Å². The van der Waals surface area contributed by atoms with Crippen molar-refractivity contribution in [2.45, 2.75) is 62.1 Å². The molecule has 2 atom stereocenters. The SMILES string of the molecule is NC1(CO)CCCN2C(=S)COc3ccccc3C3CCC(CC3)OCC21. The normalized spacial score (nSPS) is 34.5. The molecule has 0 aromatic heterocycles. The van der Waals surface area contributed by atoms with E-state index in [1.807, 2.05) is 6.07 Å². The number of ether oxygens (including phenoxy) is 2. The molecule has 1 saturated heterocycles. The Morgan fingerprint density at radius 1 is 1.22 bits per heavy atom. The van der Waals surface area contributed by atoms with E-state index in [2.05, 4.69) is 23.1 Å². The zero-order valence-corrected chi connectivity index (χ0v) is 16.6. The van der Waals surface area contributed by atoms with E-state index >= 15 is 0 Å². The molecular weight excluding hydrogens is 360 g/mol. The maximum atomic E-state index is 9.99. The van der Waals surface area contributed by atoms with Gasteiger partial charge in [-0.1, -0.05) is 30.4 Å². The van der Waals surface area contributed by atoms with Crippen LogP contribution in [-0.2, 0) is 4.74 Å². The molecule has 2 bridgehead atoms. The van der Waals surface area contributed by atoms with Crippen LogP contribution >= 0.6 is 12.2 Å². The maximum Gasteiger partial charge on any atom is 0.138 e. The lowest BCUT2D eigenvalue weighted by Crippen LogP contribution is -2.67. The fraction of sp³-hybridized carbons (Fsp3) is 0.667. The summed E-state index contributed by atoms with van der Waals surface area (Å²) in [5, 5.41) is 9.99. The van der Waals surface area contributed by atoms with Crippen molar-refractivity contribution in [3.8, 4) is 5.75 Å². The third-order valence-electron chi connectivity index (χ3n) is 6.57. The number of nitrogens with two attached hydrogens (primary N) is 1. The van der Waals surface area contributed by atoms with Crippen molar-refractivity contribution < 1.29 is 14.6 Å². The molecule has 3 N–H and O–H groups in total. The van der Waals surface area contributed by atoms with Crippen LogP contribution in [0.5, 0.6) is 5.75 Å². The second-order valence-corrected chi connectivity index (χ2v) is 8.70. The Labute approximate surface area is 166 Å². The molecule has 3 heterocycles. The Morgan fingerprint density at radius 2 is 2.00 bits per heavy atom. The molecule has 5 nitrogen and oxygen atoms in total. The zero-order valence-electron chi connectivity index (χ0n) is 15.8. The van der Waals surface area contributed by atoms with Crippen molar-refractivity contribution in [2.24, 2.45) is 5.73 Å². The van der Waals surface area contributed by atoms with Gasteiger partial charge >= 0.3 is 0 Å². The van der Waals surface area contributed by atoms with Crippen molar-refractivity contribution >= 4 is 17.2 Å². The van der Waals surface area contributed by atoms with Gasteiger partial charge in [0.05, 0.1) is 30.9 Å². The molecule has 5 rings (SSSR count). The first-order valence-corrected chi connectivity index (χ1v) is 10.5. The number of aliphatic hydroxyl groups is 1. The van der Waals surface area contributed by atoms with Gasteiger partial charge in [0.25, 0.3) is 0 Å². The number of para-hydroxylation sites is 1. The summed E-state index contributed by atoms with van der Waals surface area (Å²) >= 11 is 5.73. The maximum absolute atomic E-state index is 9.99. The molecule has 2 unspecified atom stereocenters. The van der Waals surface area contributed by atoms with Gasteiger partial charge in [-0.25, -0.2) is 0 Å². The van der Waals surface area contributed by atoms with E-state index in [0.717, 1.165) is 55.8 Å². The highest BCUT2D eigenvalue weighted by molar-refractivity contribution is 7.80. The van der Waals surface area contributed by atoms with Crippen molar-refractivity contribution in [3.63, 3.8) is 0 Å². The van der Waals surface area contributed by atoms with Crippen molar-refractivity contribution in [3.05, 3.63) is 29.8 Å². The molecule has 6 heteroatoms. The van der Waals surface area contributed by atoms with Gasteiger partial charge < -0.3 is 25.2 Å². The number of nitrogens with zero attached hydrogens (tertiary/aromatic N) is 1. The molecule has 1 saturated carbocycles. The van der Waals surface area contributed by atoms with Crippen LogP contribution in [0.25, 0.3) is 0 Å². The second kappa shape index (κ2) is 8.03. The standard InChI is InChI=1S/C21H30N2O3S/c22-21(14-24)10-3-11-23-19(21)12-25-16-8-6-15(7-9-16)17-4-1-2-5-18(17)26-13-20(23)27/h1-2,4-5,15-16,19,24H,3,6-14,22H2. The monoisotopic (exact) mass is 390 g/mol. The predicted molar refractivity (Wildman–Crippen MR) is 109 cm³/mol. The van der Waals surface area contributed by atoms with E-state index in [4.69, 9.17) is 27.4 Å². The van der Waals surface area contributed by atoms with E-state index in [0.29, 0.717) is 19.1 Å². The van der Waals surface area contributed by atoms with E-state index in [1.165, 1.54) is 5.56 Å². The molecule has 1 aromatic carbocycles. The summed E-state index contributed by atoms with van der Waals surface area (Å²) < 4.78 is 12.5. The largest absolute Gasteiger partial charge is 0.486 e. The minimum absolute atomic E-state index is 0.0590. The number of aliphatic hydroxyl groups excluding tert-OH is 1. The molecule has 148 valence electrons. The Kier molecular flexibility index (Phi) is 5.69. The number of hydrogen-bond acceptors (Lipinski definition) is 5. The highest BCUT2D eigenvalue weighted by atomic mass is 32.1. The fourth-order valence-corrected chi connectivity index (χ4v) is 5.17. The van der Waals surface area contributed by atoms with Gasteiger partial charge in [-0.15, -0.1) is 0 Å². The van der Waals surface area contributed by atoms with Gasteiger partial charge in [-0.2, -0.15) is 0 Å². The van der Waals surface area contributed by atoms with Gasteiger partial charge in [0.1, 0.15) is 17.3 Å². The Balaban J connectivity index is 1.64. The molecule has 4 aliphatic rings. The number of fused-ring (bicyclic) bond motifs is 5. The van der Waals surface area contributed by atoms with Crippen LogP contribution in [0.3, 0.4) is 0 Å². The van der Waals surface area contributed by atoms with E-state index in [1.54, 1.807) is 0 Å². The molecule has 0 spiro atoms. The summed E-state index contributed by atoms with van der Waals surface area (Å²) in [4.78, 5) is 2.88. The smallest absolute Gasteiger partial charge is 0.138 e. The lowest BCUT2D eigenvalue weighted by atomic mass is 9.81. The van der Waals surface area contributed by atoms with Gasteiger partial charge in [0, 0.05) is 6.54 Å². The summed E-state index contributed by atoms with van der Waals surface area (Å²) in [7, 11) is 0. The lowest BCUT2D eigenvalue weighted by Gasteiger charge is -2.48. The zero-order chi connectivity index (χ0) is 18.9. The minimum Gasteiger partial charge on any atom is -0.486 e. The summed E-state index contributed by atoms with van der Waals surface area (Å²) in [5.41, 5.74) is 7.19. The van der Waals surface area contributed by atoms with E-state index in [-0.39, 0.29) is 18.8 Å². The minimum atomic E-state index is -0.683. The van der Waals surface area contributed by atoms with Gasteiger partial charge in [-0.05, 0) is 56.1 Å². The van der Waals surface area contributed by atoms with Gasteiger partial charge in [0.2, 0.25) is 0 Å². The Hall–Kier alpha value is -1.21. The Morgan fingerprint density at radius 3 is 2.78 bits per heavy atom. The number of thiocarbonyl (C=S) groups is 1. The van der Waals surface area contributed by atoms with Gasteiger partial charge in [-0.3, -0.25) is 0 Å². The highest BCUT2D eigenvalue weighted by Crippen LogP contribution is 2.39. The second-order valence-electron chi connectivity index (χ2n) is 8.23. The first-order chi connectivity index (χ1) is 13.1. The number of hydrogen-bond donors (Lipinski definition) is 2. The van der Waals surface area contributed by atoms with Crippen molar-refractivity contribution in [1.82, 2.24) is 4.90 Å². The number of rotatable bonds is 1. The molecule has 27 heavy (non-hydrogen) atoms. The van der Waals surface area contributed by atoms with Crippen LogP contribution in [0, 0.1) is 0 Å². The van der Waals surface area contributed by atoms with Crippen molar-refractivity contribution in [1.29, 1.82) is 0 Å². The van der Waals surface area contributed by atoms with E-state index < -0.39 is 5.54 Å². The van der Waals surface area contributed by atoms with Crippen LogP contribution < -0.4 is 10.5 Å². The molecule has 2 fully saturated rings. The molecule has 0 radical (unpaired) electrons. The summed E-state index contributed by atoms with van der Waals surface area (Å²) in [6, 6.07) is 8.24. The quantitative estimate of drug-likeness (QED) is 0.719. The summed E-state index contributed by atoms with van der Waals surface area (Å²) in [5.74, 6) is 1.46. The average molecular weight is 391 g/mol. The average Bonchev–Trinajstić information content (AvgIpc) is 2.72. The number of benzene rings is 1. The van der Waals surface area contributed by atoms with Crippen LogP contribution in [0.1, 0.15) is 50.0 Å². The number of piperidine rings is 1. The first kappa shape index (κ1) is 19.1. The highest BCUT2D eigenvalue weighted by Gasteiger charge is 2.43. The lowest BCUT2D eigenvalue weighted by molar-refractivity contribution is -0.0367. The first-order valence-electron chi connectivity index (χ1n) is 10.1. The fourth-order valence-electron chi connectivity index (χ4n) is 4.89. The third-order valence-corrected chi connectivity index (χ3v) is 6.92. The summed E-state index contributed by atoms with van der Waals surface area (Å²) in [6.07, 6.45) is 6.27. The molecular formula is C21H30N2O3S. The van der Waals surface area contributed by atoms with Crippen molar-refractivity contribution in [2.75, 3.05) is 26.4 Å². The predicted octanol–water partition coefficient (Wildman–Crippen LogP) is 2.60. The topological polar surface area (TPSA) is 68.0 Å². The van der Waals surface area contributed by atoms with Crippen LogP contribution in [0.2, 0.25) is 0 Å².